The number of benzene rings is 1. The van der Waals surface area contributed by atoms with Gasteiger partial charge in [-0.1, -0.05) is 29.8 Å². The standard InChI is InChI=1S/C17H23N2O2.Y/c1-12(20)15-6-8-16(9-7-15)17(21)19-11-14-4-2-13(10-18)3-5-14;/h2-5,15-16,18H,6-11H2,1H3,(H,19,21);/q-1;. The fourth-order valence-electron chi connectivity index (χ4n) is 2.87. The van der Waals surface area contributed by atoms with E-state index in [1.165, 1.54) is 0 Å². The Labute approximate surface area is 157 Å². The van der Waals surface area contributed by atoms with Crippen LogP contribution >= 0.6 is 0 Å². The summed E-state index contributed by atoms with van der Waals surface area (Å²) in [5.41, 5.74) is 9.30. The fraction of sp³-hybridized carbons (Fsp3) is 0.529. The summed E-state index contributed by atoms with van der Waals surface area (Å²) in [4.78, 5) is 23.5. The molecule has 0 spiro atoms. The fourth-order valence-corrected chi connectivity index (χ4v) is 2.87. The largest absolute Gasteiger partial charge is 0.674 e. The molecule has 2 rings (SSSR count). The van der Waals surface area contributed by atoms with Crippen molar-refractivity contribution in [2.24, 2.45) is 11.8 Å². The van der Waals surface area contributed by atoms with Gasteiger partial charge in [0.05, 0.1) is 0 Å². The third kappa shape index (κ3) is 5.56. The predicted octanol–water partition coefficient (Wildman–Crippen LogP) is 3.25. The molecule has 0 aliphatic heterocycles. The number of carbonyl (C=O) groups excluding carboxylic acids is 2. The summed E-state index contributed by atoms with van der Waals surface area (Å²) in [6.07, 6.45) is 3.30. The monoisotopic (exact) mass is 376 g/mol. The molecule has 22 heavy (non-hydrogen) atoms. The number of carbonyl (C=O) groups is 2. The van der Waals surface area contributed by atoms with Crippen LogP contribution in [0, 0.1) is 11.8 Å². The Hall–Kier alpha value is -0.576. The van der Waals surface area contributed by atoms with Crippen LogP contribution in [-0.2, 0) is 55.4 Å². The van der Waals surface area contributed by atoms with Crippen LogP contribution in [0.3, 0.4) is 0 Å². The molecule has 0 atom stereocenters. The topological polar surface area (TPSA) is 70.0 Å². The number of nitrogens with one attached hydrogen (secondary N) is 2. The van der Waals surface area contributed by atoms with Gasteiger partial charge in [-0.25, -0.2) is 0 Å². The number of rotatable bonds is 5. The molecule has 2 N–H and O–H groups in total. The summed E-state index contributed by atoms with van der Waals surface area (Å²) in [5.74, 6) is 0.560. The molecule has 5 heteroatoms. The van der Waals surface area contributed by atoms with E-state index in [-0.39, 0.29) is 62.8 Å². The number of hydrogen-bond acceptors (Lipinski definition) is 2. The van der Waals surface area contributed by atoms with Gasteiger partial charge in [-0.05, 0) is 38.2 Å². The molecule has 0 bridgehead atoms. The molecule has 0 saturated heterocycles. The third-order valence-corrected chi connectivity index (χ3v) is 4.37. The van der Waals surface area contributed by atoms with Crippen LogP contribution in [0.15, 0.2) is 24.3 Å². The Morgan fingerprint density at radius 2 is 1.55 bits per heavy atom. The second-order valence-electron chi connectivity index (χ2n) is 5.87. The SMILES string of the molecule is CC(=O)C1CCC(C(=O)NCc2ccc(C[NH-])cc2)CC1.[Y]. The molecule has 4 nitrogen and oxygen atoms in total. The number of ketones is 1. The Kier molecular flexibility index (Phi) is 8.44. The maximum Gasteiger partial charge on any atom is 0.223 e. The van der Waals surface area contributed by atoms with Crippen LogP contribution in [0.1, 0.15) is 43.7 Å². The summed E-state index contributed by atoms with van der Waals surface area (Å²) in [5, 5.41) is 2.98. The van der Waals surface area contributed by atoms with Gasteiger partial charge in [0.1, 0.15) is 5.78 Å². The number of hydrogen-bond donors (Lipinski definition) is 1. The zero-order valence-corrected chi connectivity index (χ0v) is 15.9. The molecule has 1 amide bonds. The maximum atomic E-state index is 12.1. The van der Waals surface area contributed by atoms with Gasteiger partial charge in [-0.15, -0.1) is 6.54 Å². The number of Topliss-reactive ketones (excluding diaryl/α,β-unsaturated/α-hetero) is 1. The van der Waals surface area contributed by atoms with Crippen LogP contribution in [0.5, 0.6) is 0 Å². The summed E-state index contributed by atoms with van der Waals surface area (Å²) >= 11 is 0. The Bertz CT molecular complexity index is 494. The van der Waals surface area contributed by atoms with Gasteiger partial charge in [0.15, 0.2) is 0 Å². The molecule has 1 radical (unpaired) electrons. The summed E-state index contributed by atoms with van der Waals surface area (Å²) in [6.45, 7) is 2.46. The predicted molar refractivity (Wildman–Crippen MR) is 82.4 cm³/mol. The van der Waals surface area contributed by atoms with Crippen molar-refractivity contribution in [3.05, 3.63) is 41.1 Å². The van der Waals surface area contributed by atoms with Crippen molar-refractivity contribution in [3.63, 3.8) is 0 Å². The average molecular weight is 376 g/mol. The van der Waals surface area contributed by atoms with Crippen LogP contribution in [0.4, 0.5) is 0 Å². The molecule has 117 valence electrons. The summed E-state index contributed by atoms with van der Waals surface area (Å²) in [6, 6.07) is 7.76. The van der Waals surface area contributed by atoms with E-state index in [4.69, 9.17) is 5.73 Å². The normalized spacial score (nSPS) is 20.8. The van der Waals surface area contributed by atoms with E-state index in [0.717, 1.165) is 36.8 Å². The van der Waals surface area contributed by atoms with Crippen molar-refractivity contribution in [3.8, 4) is 0 Å². The van der Waals surface area contributed by atoms with Gasteiger partial charge in [0, 0.05) is 51.1 Å². The van der Waals surface area contributed by atoms with Crippen LogP contribution in [-0.4, -0.2) is 11.7 Å². The minimum Gasteiger partial charge on any atom is -0.674 e. The van der Waals surface area contributed by atoms with Crippen molar-refractivity contribution in [2.75, 3.05) is 0 Å². The van der Waals surface area contributed by atoms with Crippen LogP contribution < -0.4 is 5.32 Å². The first-order valence-electron chi connectivity index (χ1n) is 7.60. The Morgan fingerprint density at radius 1 is 1.05 bits per heavy atom. The molecule has 1 fully saturated rings. The van der Waals surface area contributed by atoms with Gasteiger partial charge in [-0.2, -0.15) is 0 Å². The zero-order chi connectivity index (χ0) is 15.2. The van der Waals surface area contributed by atoms with Crippen LogP contribution in [0.2, 0.25) is 0 Å². The van der Waals surface area contributed by atoms with Gasteiger partial charge in [0.25, 0.3) is 0 Å². The first kappa shape index (κ1) is 19.5. The van der Waals surface area contributed by atoms with E-state index in [1.54, 1.807) is 6.92 Å². The Morgan fingerprint density at radius 3 is 2.05 bits per heavy atom. The third-order valence-electron chi connectivity index (χ3n) is 4.37. The van der Waals surface area contributed by atoms with Crippen molar-refractivity contribution >= 4 is 11.7 Å². The van der Waals surface area contributed by atoms with Crippen LogP contribution in [0.25, 0.3) is 5.73 Å². The first-order chi connectivity index (χ1) is 10.1. The Balaban J connectivity index is 0.00000242. The molecule has 1 aliphatic rings. The van der Waals surface area contributed by atoms with Gasteiger partial charge < -0.3 is 11.1 Å². The average Bonchev–Trinajstić information content (AvgIpc) is 2.53. The molecular formula is C17H23N2O2Y-. The molecule has 1 aromatic rings. The molecule has 1 saturated carbocycles. The van der Waals surface area contributed by atoms with E-state index >= 15 is 0 Å². The smallest absolute Gasteiger partial charge is 0.223 e. The molecular weight excluding hydrogens is 353 g/mol. The summed E-state index contributed by atoms with van der Waals surface area (Å²) < 4.78 is 0. The zero-order valence-electron chi connectivity index (χ0n) is 13.1. The quantitative estimate of drug-likeness (QED) is 0.857. The van der Waals surface area contributed by atoms with Crippen molar-refractivity contribution in [1.29, 1.82) is 0 Å². The molecule has 1 aliphatic carbocycles. The van der Waals surface area contributed by atoms with E-state index in [0.29, 0.717) is 6.54 Å². The minimum absolute atomic E-state index is 0. The first-order valence-corrected chi connectivity index (χ1v) is 7.60. The molecule has 1 aromatic carbocycles. The van der Waals surface area contributed by atoms with Gasteiger partial charge in [-0.3, -0.25) is 9.59 Å². The van der Waals surface area contributed by atoms with E-state index in [2.05, 4.69) is 5.32 Å². The van der Waals surface area contributed by atoms with Crippen molar-refractivity contribution in [1.82, 2.24) is 5.32 Å². The van der Waals surface area contributed by atoms with Gasteiger partial charge >= 0.3 is 0 Å². The van der Waals surface area contributed by atoms with Crippen molar-refractivity contribution < 1.29 is 42.3 Å². The molecule has 0 aromatic heterocycles. The maximum absolute atomic E-state index is 12.1. The second kappa shape index (κ2) is 9.54. The van der Waals surface area contributed by atoms with E-state index in [9.17, 15) is 9.59 Å². The minimum atomic E-state index is 0. The van der Waals surface area contributed by atoms with E-state index < -0.39 is 0 Å². The van der Waals surface area contributed by atoms with Gasteiger partial charge in [0.2, 0.25) is 5.91 Å². The van der Waals surface area contributed by atoms with E-state index in [1.807, 2.05) is 24.3 Å². The summed E-state index contributed by atoms with van der Waals surface area (Å²) in [7, 11) is 0. The second-order valence-corrected chi connectivity index (χ2v) is 5.87. The molecule has 0 unspecified atom stereocenters. The number of amides is 1. The molecule has 0 heterocycles. The van der Waals surface area contributed by atoms with Crippen molar-refractivity contribution in [2.45, 2.75) is 45.7 Å².